The third-order valence-electron chi connectivity index (χ3n) is 3.66. The highest BCUT2D eigenvalue weighted by Crippen LogP contribution is 2.27. The Labute approximate surface area is 182 Å². The van der Waals surface area contributed by atoms with Crippen molar-refractivity contribution < 1.29 is 19.4 Å². The lowest BCUT2D eigenvalue weighted by Gasteiger charge is -2.03. The molecule has 14 heteroatoms. The van der Waals surface area contributed by atoms with Crippen LogP contribution in [0, 0.1) is 20.2 Å². The average Bonchev–Trinajstić information content (AvgIpc) is 3.20. The molecule has 158 valence electrons. The number of nitro groups is 2. The van der Waals surface area contributed by atoms with Gasteiger partial charge in [0.25, 0.3) is 17.3 Å². The molecule has 0 saturated heterocycles. The number of nitrogens with zero attached hydrogens (tertiary/aromatic N) is 4. The highest BCUT2D eigenvalue weighted by Gasteiger charge is 2.20. The molecule has 1 aromatic heterocycles. The molecule has 0 radical (unpaired) electrons. The van der Waals surface area contributed by atoms with Crippen LogP contribution in [-0.2, 0) is 4.79 Å². The topological polar surface area (TPSA) is 170 Å². The molecule has 0 atom stereocenters. The molecular formula is C17H12N6O6S2. The van der Waals surface area contributed by atoms with Gasteiger partial charge in [-0.25, -0.2) is 0 Å². The number of rotatable bonds is 8. The van der Waals surface area contributed by atoms with Gasteiger partial charge in [-0.15, -0.1) is 10.2 Å². The fourth-order valence-electron chi connectivity index (χ4n) is 2.30. The Balaban J connectivity index is 1.54. The average molecular weight is 460 g/mol. The number of aromatic nitrogens is 2. The van der Waals surface area contributed by atoms with E-state index in [0.717, 1.165) is 23.1 Å². The Bertz CT molecular complexity index is 1150. The minimum Gasteiger partial charge on any atom is -0.325 e. The second-order valence-electron chi connectivity index (χ2n) is 5.74. The molecule has 0 fully saturated rings. The van der Waals surface area contributed by atoms with E-state index in [9.17, 15) is 29.8 Å². The minimum absolute atomic E-state index is 0.0102. The molecule has 12 nitrogen and oxygen atoms in total. The van der Waals surface area contributed by atoms with Crippen molar-refractivity contribution in [2.45, 2.75) is 4.34 Å². The van der Waals surface area contributed by atoms with E-state index in [2.05, 4.69) is 20.8 Å². The van der Waals surface area contributed by atoms with Crippen LogP contribution < -0.4 is 10.6 Å². The van der Waals surface area contributed by atoms with Crippen molar-refractivity contribution in [1.29, 1.82) is 0 Å². The van der Waals surface area contributed by atoms with Crippen LogP contribution in [0.3, 0.4) is 0 Å². The third kappa shape index (κ3) is 5.80. The zero-order chi connectivity index (χ0) is 22.4. The summed E-state index contributed by atoms with van der Waals surface area (Å²) in [6, 6.07) is 10.9. The van der Waals surface area contributed by atoms with Gasteiger partial charge in [0.15, 0.2) is 4.34 Å². The van der Waals surface area contributed by atoms with Gasteiger partial charge in [0, 0.05) is 23.9 Å². The number of non-ortho nitro benzene ring substituents is 1. The number of benzene rings is 2. The zero-order valence-electron chi connectivity index (χ0n) is 15.4. The molecule has 0 spiro atoms. The molecule has 0 aliphatic carbocycles. The first-order valence-corrected chi connectivity index (χ1v) is 10.2. The van der Waals surface area contributed by atoms with Gasteiger partial charge < -0.3 is 5.32 Å². The van der Waals surface area contributed by atoms with Crippen molar-refractivity contribution in [2.75, 3.05) is 16.4 Å². The van der Waals surface area contributed by atoms with Gasteiger partial charge in [-0.3, -0.25) is 35.1 Å². The molecule has 3 rings (SSSR count). The number of anilines is 2. The lowest BCUT2D eigenvalue weighted by Crippen LogP contribution is -2.13. The fourth-order valence-corrected chi connectivity index (χ4v) is 3.85. The third-order valence-corrected chi connectivity index (χ3v) is 5.63. The molecule has 0 aliphatic rings. The van der Waals surface area contributed by atoms with Crippen LogP contribution in [0.5, 0.6) is 0 Å². The van der Waals surface area contributed by atoms with Crippen molar-refractivity contribution in [3.63, 3.8) is 0 Å². The maximum Gasteiger partial charge on any atom is 0.282 e. The summed E-state index contributed by atoms with van der Waals surface area (Å²) in [7, 11) is 0. The monoisotopic (exact) mass is 460 g/mol. The number of hydrogen-bond donors (Lipinski definition) is 2. The first-order chi connectivity index (χ1) is 14.8. The van der Waals surface area contributed by atoms with E-state index in [1.54, 1.807) is 0 Å². The number of amides is 2. The predicted molar refractivity (Wildman–Crippen MR) is 113 cm³/mol. The Morgan fingerprint density at radius 2 is 1.68 bits per heavy atom. The van der Waals surface area contributed by atoms with E-state index >= 15 is 0 Å². The summed E-state index contributed by atoms with van der Waals surface area (Å²) in [6.07, 6.45) is 0. The molecule has 0 saturated carbocycles. The molecule has 31 heavy (non-hydrogen) atoms. The number of hydrogen-bond acceptors (Lipinski definition) is 10. The van der Waals surface area contributed by atoms with Crippen molar-refractivity contribution >= 4 is 57.1 Å². The quantitative estimate of drug-likeness (QED) is 0.221. The standard InChI is InChI=1S/C17H12N6O6S2/c24-14(18-10-5-7-11(8-6-10)22(26)27)9-30-17-21-20-16(31-17)19-15(25)12-3-1-2-4-13(12)23(28)29/h1-8H,9H2,(H,18,24)(H,19,20,25). The second kappa shape index (κ2) is 9.73. The minimum atomic E-state index is -0.698. The fraction of sp³-hybridized carbons (Fsp3) is 0.0588. The molecule has 0 aliphatic heterocycles. The van der Waals surface area contributed by atoms with Crippen LogP contribution in [-0.4, -0.2) is 37.6 Å². The summed E-state index contributed by atoms with van der Waals surface area (Å²) >= 11 is 2.08. The van der Waals surface area contributed by atoms with Gasteiger partial charge in [-0.1, -0.05) is 35.2 Å². The van der Waals surface area contributed by atoms with Gasteiger partial charge >= 0.3 is 0 Å². The molecule has 0 unspecified atom stereocenters. The normalized spacial score (nSPS) is 10.3. The summed E-state index contributed by atoms with van der Waals surface area (Å²) < 4.78 is 0.400. The van der Waals surface area contributed by atoms with E-state index in [-0.39, 0.29) is 33.7 Å². The van der Waals surface area contributed by atoms with Crippen molar-refractivity contribution in [1.82, 2.24) is 10.2 Å². The lowest BCUT2D eigenvalue weighted by atomic mass is 10.1. The van der Waals surface area contributed by atoms with Gasteiger partial charge in [0.2, 0.25) is 11.0 Å². The van der Waals surface area contributed by atoms with Crippen LogP contribution in [0.2, 0.25) is 0 Å². The first-order valence-electron chi connectivity index (χ1n) is 8.39. The largest absolute Gasteiger partial charge is 0.325 e. The number of nitrogens with one attached hydrogen (secondary N) is 2. The van der Waals surface area contributed by atoms with Crippen molar-refractivity contribution in [3.05, 3.63) is 74.3 Å². The molecule has 2 aromatic carbocycles. The number of para-hydroxylation sites is 1. The van der Waals surface area contributed by atoms with Crippen LogP contribution in [0.15, 0.2) is 52.9 Å². The molecule has 1 heterocycles. The Hall–Kier alpha value is -3.91. The van der Waals surface area contributed by atoms with Crippen LogP contribution >= 0.6 is 23.1 Å². The van der Waals surface area contributed by atoms with Crippen molar-refractivity contribution in [3.8, 4) is 0 Å². The smallest absolute Gasteiger partial charge is 0.282 e. The van der Waals surface area contributed by atoms with E-state index in [4.69, 9.17) is 0 Å². The van der Waals surface area contributed by atoms with Gasteiger partial charge in [-0.2, -0.15) is 0 Å². The van der Waals surface area contributed by atoms with Gasteiger partial charge in [0.05, 0.1) is 15.6 Å². The Kier molecular flexibility index (Phi) is 6.84. The summed E-state index contributed by atoms with van der Waals surface area (Å²) in [4.78, 5) is 44.8. The van der Waals surface area contributed by atoms with E-state index < -0.39 is 15.8 Å². The molecule has 2 N–H and O–H groups in total. The summed E-state index contributed by atoms with van der Waals surface area (Å²) in [5.41, 5.74) is -0.121. The SMILES string of the molecule is O=C(CSc1nnc(NC(=O)c2ccccc2[N+](=O)[O-])s1)Nc1ccc([N+](=O)[O-])cc1. The number of nitro benzene ring substituents is 2. The Morgan fingerprint density at radius 1 is 0.968 bits per heavy atom. The molecule has 2 amide bonds. The number of carbonyl (C=O) groups excluding carboxylic acids is 2. The maximum absolute atomic E-state index is 12.3. The highest BCUT2D eigenvalue weighted by atomic mass is 32.2. The number of thioether (sulfide) groups is 1. The second-order valence-corrected chi connectivity index (χ2v) is 7.94. The first kappa shape index (κ1) is 21.8. The van der Waals surface area contributed by atoms with Crippen LogP contribution in [0.1, 0.15) is 10.4 Å². The molecule has 3 aromatic rings. The van der Waals surface area contributed by atoms with Gasteiger partial charge in [-0.05, 0) is 18.2 Å². The summed E-state index contributed by atoms with van der Waals surface area (Å²) in [6.45, 7) is 0. The summed E-state index contributed by atoms with van der Waals surface area (Å²) in [5, 5.41) is 34.5. The van der Waals surface area contributed by atoms with Crippen LogP contribution in [0.25, 0.3) is 0 Å². The van der Waals surface area contributed by atoms with Crippen LogP contribution in [0.4, 0.5) is 22.2 Å². The predicted octanol–water partition coefficient (Wildman–Crippen LogP) is 3.34. The summed E-state index contributed by atoms with van der Waals surface area (Å²) in [5.74, 6) is -1.07. The van der Waals surface area contributed by atoms with E-state index in [1.165, 1.54) is 48.5 Å². The van der Waals surface area contributed by atoms with Crippen molar-refractivity contribution in [2.24, 2.45) is 0 Å². The lowest BCUT2D eigenvalue weighted by molar-refractivity contribution is -0.385. The Morgan fingerprint density at radius 3 is 2.35 bits per heavy atom. The molecule has 0 bridgehead atoms. The molecular weight excluding hydrogens is 448 g/mol. The number of carbonyl (C=O) groups is 2. The zero-order valence-corrected chi connectivity index (χ0v) is 17.0. The maximum atomic E-state index is 12.3. The van der Waals surface area contributed by atoms with E-state index in [1.807, 2.05) is 0 Å². The highest BCUT2D eigenvalue weighted by molar-refractivity contribution is 8.01. The van der Waals surface area contributed by atoms with Gasteiger partial charge in [0.1, 0.15) is 5.56 Å². The van der Waals surface area contributed by atoms with E-state index in [0.29, 0.717) is 10.0 Å².